The van der Waals surface area contributed by atoms with E-state index in [-0.39, 0.29) is 5.60 Å². The lowest BCUT2D eigenvalue weighted by molar-refractivity contribution is -0.0230. The molecular weight excluding hydrogens is 291 g/mol. The number of ether oxygens (including phenoxy) is 1. The average Bonchev–Trinajstić information content (AvgIpc) is 2.59. The maximum Gasteiger partial charge on any atom is 0.123 e. The fourth-order valence-electron chi connectivity index (χ4n) is 1.85. The molecule has 0 radical (unpaired) electrons. The van der Waals surface area contributed by atoms with Crippen molar-refractivity contribution < 1.29 is 4.74 Å². The van der Waals surface area contributed by atoms with Gasteiger partial charge in [-0.15, -0.1) is 0 Å². The van der Waals surface area contributed by atoms with Crippen molar-refractivity contribution in [1.29, 1.82) is 0 Å². The molecule has 14 heavy (non-hydrogen) atoms. The van der Waals surface area contributed by atoms with E-state index < -0.39 is 0 Å². The van der Waals surface area contributed by atoms with Crippen LogP contribution < -0.4 is 0 Å². The van der Waals surface area contributed by atoms with Gasteiger partial charge in [-0.05, 0) is 55.3 Å². The summed E-state index contributed by atoms with van der Waals surface area (Å²) in [6.07, 6.45) is 4.64. The molecule has 1 saturated heterocycles. The van der Waals surface area contributed by atoms with Crippen LogP contribution in [0.3, 0.4) is 0 Å². The van der Waals surface area contributed by atoms with Crippen molar-refractivity contribution in [2.75, 3.05) is 0 Å². The van der Waals surface area contributed by atoms with Gasteiger partial charge in [0.2, 0.25) is 0 Å². The van der Waals surface area contributed by atoms with E-state index in [1.165, 1.54) is 0 Å². The molecule has 1 atom stereocenters. The Labute approximate surface area is 98.0 Å². The van der Waals surface area contributed by atoms with Crippen LogP contribution in [0.25, 0.3) is 0 Å². The molecule has 1 unspecified atom stereocenters. The SMILES string of the molecule is CC1(C)CCC(Cn2ccc(I)n2)O1. The van der Waals surface area contributed by atoms with Crippen LogP contribution in [0.5, 0.6) is 0 Å². The first-order valence-corrected chi connectivity index (χ1v) is 6.00. The zero-order valence-corrected chi connectivity index (χ0v) is 10.7. The standard InChI is InChI=1S/C10H15IN2O/c1-10(2)5-3-8(14-10)7-13-6-4-9(11)12-13/h4,6,8H,3,5,7H2,1-2H3. The highest BCUT2D eigenvalue weighted by atomic mass is 127. The van der Waals surface area contributed by atoms with Gasteiger partial charge in [0, 0.05) is 6.20 Å². The van der Waals surface area contributed by atoms with Crippen molar-refractivity contribution in [3.05, 3.63) is 16.0 Å². The van der Waals surface area contributed by atoms with Gasteiger partial charge in [0.1, 0.15) is 3.70 Å². The molecule has 2 rings (SSSR count). The van der Waals surface area contributed by atoms with Crippen LogP contribution in [0, 0.1) is 3.70 Å². The van der Waals surface area contributed by atoms with Gasteiger partial charge < -0.3 is 4.74 Å². The minimum Gasteiger partial charge on any atom is -0.370 e. The molecule has 0 aliphatic carbocycles. The van der Waals surface area contributed by atoms with E-state index >= 15 is 0 Å². The van der Waals surface area contributed by atoms with E-state index in [0.29, 0.717) is 6.10 Å². The zero-order valence-electron chi connectivity index (χ0n) is 8.53. The normalized spacial score (nSPS) is 25.5. The number of hydrogen-bond donors (Lipinski definition) is 0. The van der Waals surface area contributed by atoms with Gasteiger partial charge in [-0.3, -0.25) is 4.68 Å². The molecule has 2 heterocycles. The summed E-state index contributed by atoms with van der Waals surface area (Å²) in [5.41, 5.74) is 0.0605. The van der Waals surface area contributed by atoms with E-state index in [1.807, 2.05) is 16.9 Å². The molecule has 0 N–H and O–H groups in total. The Morgan fingerprint density at radius 2 is 2.50 bits per heavy atom. The predicted molar refractivity (Wildman–Crippen MR) is 63.1 cm³/mol. The summed E-state index contributed by atoms with van der Waals surface area (Å²) < 4.78 is 8.91. The monoisotopic (exact) mass is 306 g/mol. The van der Waals surface area contributed by atoms with Gasteiger partial charge in [-0.2, -0.15) is 5.10 Å². The van der Waals surface area contributed by atoms with Crippen LogP contribution in [0.15, 0.2) is 12.3 Å². The summed E-state index contributed by atoms with van der Waals surface area (Å²) >= 11 is 2.22. The molecule has 3 nitrogen and oxygen atoms in total. The van der Waals surface area contributed by atoms with E-state index in [1.54, 1.807) is 0 Å². The minimum absolute atomic E-state index is 0.0605. The minimum atomic E-state index is 0.0605. The summed E-state index contributed by atoms with van der Waals surface area (Å²) in [4.78, 5) is 0. The van der Waals surface area contributed by atoms with Crippen molar-refractivity contribution >= 4 is 22.6 Å². The number of rotatable bonds is 2. The molecule has 0 bridgehead atoms. The molecule has 1 fully saturated rings. The molecule has 4 heteroatoms. The second kappa shape index (κ2) is 3.81. The Morgan fingerprint density at radius 3 is 3.00 bits per heavy atom. The van der Waals surface area contributed by atoms with Crippen molar-refractivity contribution in [3.8, 4) is 0 Å². The first-order chi connectivity index (χ1) is 6.55. The molecule has 0 aromatic carbocycles. The summed E-state index contributed by atoms with van der Waals surface area (Å²) in [5, 5.41) is 4.35. The maximum absolute atomic E-state index is 5.90. The Balaban J connectivity index is 1.94. The van der Waals surface area contributed by atoms with E-state index in [2.05, 4.69) is 41.5 Å². The Morgan fingerprint density at radius 1 is 1.71 bits per heavy atom. The first-order valence-electron chi connectivity index (χ1n) is 4.92. The number of halogens is 1. The van der Waals surface area contributed by atoms with Crippen LogP contribution >= 0.6 is 22.6 Å². The van der Waals surface area contributed by atoms with Gasteiger partial charge >= 0.3 is 0 Å². The van der Waals surface area contributed by atoms with Gasteiger partial charge in [0.25, 0.3) is 0 Å². The van der Waals surface area contributed by atoms with Gasteiger partial charge in [-0.25, -0.2) is 0 Å². The third-order valence-corrected chi connectivity index (χ3v) is 3.13. The lowest BCUT2D eigenvalue weighted by Gasteiger charge is -2.19. The molecule has 0 spiro atoms. The Kier molecular flexibility index (Phi) is 2.83. The average molecular weight is 306 g/mol. The molecule has 1 aromatic rings. The van der Waals surface area contributed by atoms with Crippen molar-refractivity contribution in [2.45, 2.75) is 44.9 Å². The predicted octanol–water partition coefficient (Wildman–Crippen LogP) is 2.45. The van der Waals surface area contributed by atoms with Crippen molar-refractivity contribution in [1.82, 2.24) is 9.78 Å². The van der Waals surface area contributed by atoms with Crippen LogP contribution in [0.4, 0.5) is 0 Å². The highest BCUT2D eigenvalue weighted by Gasteiger charge is 2.31. The fraction of sp³-hybridized carbons (Fsp3) is 0.700. The summed E-state index contributed by atoms with van der Waals surface area (Å²) in [6, 6.07) is 2.01. The Bertz CT molecular complexity index is 322. The molecule has 0 amide bonds. The number of nitrogens with zero attached hydrogens (tertiary/aromatic N) is 2. The van der Waals surface area contributed by atoms with Gasteiger partial charge in [-0.1, -0.05) is 0 Å². The molecule has 1 aromatic heterocycles. The molecular formula is C10H15IN2O. The smallest absolute Gasteiger partial charge is 0.123 e. The third kappa shape index (κ3) is 2.48. The lowest BCUT2D eigenvalue weighted by Crippen LogP contribution is -2.23. The largest absolute Gasteiger partial charge is 0.370 e. The summed E-state index contributed by atoms with van der Waals surface area (Å²) in [6.45, 7) is 5.19. The fourth-order valence-corrected chi connectivity index (χ4v) is 2.29. The third-order valence-electron chi connectivity index (χ3n) is 2.55. The van der Waals surface area contributed by atoms with E-state index in [0.717, 1.165) is 23.1 Å². The topological polar surface area (TPSA) is 27.1 Å². The lowest BCUT2D eigenvalue weighted by atomic mass is 10.1. The molecule has 78 valence electrons. The van der Waals surface area contributed by atoms with E-state index in [4.69, 9.17) is 4.74 Å². The Hall–Kier alpha value is -0.100. The van der Waals surface area contributed by atoms with Crippen LogP contribution in [-0.2, 0) is 11.3 Å². The highest BCUT2D eigenvalue weighted by Crippen LogP contribution is 2.29. The molecule has 0 saturated carbocycles. The summed E-state index contributed by atoms with van der Waals surface area (Å²) in [5.74, 6) is 0. The quantitative estimate of drug-likeness (QED) is 0.785. The molecule has 1 aliphatic heterocycles. The van der Waals surface area contributed by atoms with Crippen LogP contribution in [0.1, 0.15) is 26.7 Å². The van der Waals surface area contributed by atoms with Gasteiger partial charge in [0.15, 0.2) is 0 Å². The highest BCUT2D eigenvalue weighted by molar-refractivity contribution is 14.1. The second-order valence-electron chi connectivity index (χ2n) is 4.40. The van der Waals surface area contributed by atoms with Gasteiger partial charge in [0.05, 0.1) is 18.2 Å². The van der Waals surface area contributed by atoms with Crippen molar-refractivity contribution in [2.24, 2.45) is 0 Å². The van der Waals surface area contributed by atoms with Crippen LogP contribution in [0.2, 0.25) is 0 Å². The maximum atomic E-state index is 5.90. The number of hydrogen-bond acceptors (Lipinski definition) is 2. The first kappa shape index (κ1) is 10.4. The number of aromatic nitrogens is 2. The second-order valence-corrected chi connectivity index (χ2v) is 5.50. The molecule has 1 aliphatic rings. The van der Waals surface area contributed by atoms with E-state index in [9.17, 15) is 0 Å². The summed E-state index contributed by atoms with van der Waals surface area (Å²) in [7, 11) is 0. The zero-order chi connectivity index (χ0) is 10.2. The van der Waals surface area contributed by atoms with Crippen LogP contribution in [-0.4, -0.2) is 21.5 Å². The van der Waals surface area contributed by atoms with Crippen molar-refractivity contribution in [3.63, 3.8) is 0 Å².